The molecule has 0 bridgehead atoms. The Morgan fingerprint density at radius 3 is 2.68 bits per heavy atom. The van der Waals surface area contributed by atoms with Gasteiger partial charge in [-0.25, -0.2) is 4.79 Å². The van der Waals surface area contributed by atoms with Gasteiger partial charge >= 0.3 is 6.09 Å². The van der Waals surface area contributed by atoms with Crippen molar-refractivity contribution < 1.29 is 9.53 Å². The molecule has 25 heavy (non-hydrogen) atoms. The Labute approximate surface area is 155 Å². The summed E-state index contributed by atoms with van der Waals surface area (Å²) in [6.45, 7) is 7.34. The van der Waals surface area contributed by atoms with Crippen LogP contribution in [0.25, 0.3) is 0 Å². The van der Waals surface area contributed by atoms with Crippen molar-refractivity contribution in [3.05, 3.63) is 22.4 Å². The van der Waals surface area contributed by atoms with Gasteiger partial charge in [0.05, 0.1) is 0 Å². The van der Waals surface area contributed by atoms with Crippen molar-refractivity contribution in [1.82, 2.24) is 10.2 Å². The average Bonchev–Trinajstić information content (AvgIpc) is 3.25. The Hall–Kier alpha value is -1.07. The molecule has 2 atom stereocenters. The quantitative estimate of drug-likeness (QED) is 0.820. The molecule has 2 unspecified atom stereocenters. The number of carbonyl (C=O) groups is 1. The fourth-order valence-electron chi connectivity index (χ4n) is 4.07. The fraction of sp³-hybridized carbons (Fsp3) is 0.750. The molecule has 1 aromatic heterocycles. The molecule has 0 aromatic carbocycles. The second kappa shape index (κ2) is 8.09. The molecule has 0 radical (unpaired) electrons. The van der Waals surface area contributed by atoms with Gasteiger partial charge in [0.25, 0.3) is 0 Å². The monoisotopic (exact) mass is 364 g/mol. The summed E-state index contributed by atoms with van der Waals surface area (Å²) in [5.41, 5.74) is -0.430. The first-order chi connectivity index (χ1) is 11.9. The van der Waals surface area contributed by atoms with Crippen molar-refractivity contribution in [3.63, 3.8) is 0 Å². The highest BCUT2D eigenvalue weighted by molar-refractivity contribution is 7.10. The van der Waals surface area contributed by atoms with Crippen molar-refractivity contribution >= 4 is 17.4 Å². The first kappa shape index (κ1) is 18.7. The molecule has 1 aliphatic carbocycles. The molecule has 1 saturated heterocycles. The first-order valence-electron chi connectivity index (χ1n) is 9.70. The molecule has 1 amide bonds. The van der Waals surface area contributed by atoms with E-state index < -0.39 is 5.60 Å². The average molecular weight is 365 g/mol. The summed E-state index contributed by atoms with van der Waals surface area (Å²) in [6.07, 6.45) is 7.33. The zero-order valence-corrected chi connectivity index (χ0v) is 16.6. The predicted octanol–water partition coefficient (Wildman–Crippen LogP) is 4.97. The Morgan fingerprint density at radius 1 is 1.28 bits per heavy atom. The number of nitrogens with one attached hydrogen (secondary N) is 1. The highest BCUT2D eigenvalue weighted by Crippen LogP contribution is 2.38. The highest BCUT2D eigenvalue weighted by Gasteiger charge is 2.32. The van der Waals surface area contributed by atoms with Crippen molar-refractivity contribution in [2.24, 2.45) is 5.92 Å². The lowest BCUT2D eigenvalue weighted by atomic mass is 9.94. The van der Waals surface area contributed by atoms with E-state index in [4.69, 9.17) is 4.74 Å². The number of nitrogens with zero attached hydrogens (tertiary/aromatic N) is 1. The van der Waals surface area contributed by atoms with Crippen LogP contribution in [0.4, 0.5) is 4.79 Å². The van der Waals surface area contributed by atoms with E-state index in [2.05, 4.69) is 22.8 Å². The largest absolute Gasteiger partial charge is 0.444 e. The van der Waals surface area contributed by atoms with Gasteiger partial charge in [0, 0.05) is 30.1 Å². The second-order valence-corrected chi connectivity index (χ2v) is 9.45. The molecule has 1 aromatic rings. The summed E-state index contributed by atoms with van der Waals surface area (Å²) in [7, 11) is 0. The van der Waals surface area contributed by atoms with Crippen LogP contribution in [0.5, 0.6) is 0 Å². The Bertz CT molecular complexity index is 547. The zero-order chi connectivity index (χ0) is 17.9. The van der Waals surface area contributed by atoms with Gasteiger partial charge in [-0.15, -0.1) is 11.3 Å². The fourth-order valence-corrected chi connectivity index (χ4v) is 4.95. The van der Waals surface area contributed by atoms with Crippen LogP contribution >= 0.6 is 11.3 Å². The smallest absolute Gasteiger partial charge is 0.410 e. The molecule has 2 fully saturated rings. The Morgan fingerprint density at radius 2 is 2.04 bits per heavy atom. The molecule has 3 rings (SSSR count). The van der Waals surface area contributed by atoms with Gasteiger partial charge in [0.2, 0.25) is 0 Å². The maximum atomic E-state index is 12.4. The number of piperidine rings is 1. The van der Waals surface area contributed by atoms with Gasteiger partial charge in [-0.1, -0.05) is 18.9 Å². The van der Waals surface area contributed by atoms with E-state index in [0.717, 1.165) is 31.8 Å². The molecule has 0 spiro atoms. The molecule has 1 N–H and O–H groups in total. The summed E-state index contributed by atoms with van der Waals surface area (Å²) in [5, 5.41) is 6.08. The van der Waals surface area contributed by atoms with Crippen molar-refractivity contribution in [2.45, 2.75) is 77.0 Å². The van der Waals surface area contributed by atoms with E-state index in [1.54, 1.807) is 0 Å². The summed E-state index contributed by atoms with van der Waals surface area (Å²) >= 11 is 1.85. The SMILES string of the molecule is CC(C)(C)OC(=O)N1CCCC(NC(c2cccs2)C2CCCC2)C1. The van der Waals surface area contributed by atoms with Gasteiger partial charge in [-0.3, -0.25) is 0 Å². The third kappa shape index (κ3) is 5.20. The summed E-state index contributed by atoms with van der Waals surface area (Å²) in [5.74, 6) is 0.732. The molecule has 2 heterocycles. The Balaban J connectivity index is 1.62. The number of likely N-dealkylation sites (tertiary alicyclic amines) is 1. The molecular formula is C20H32N2O2S. The van der Waals surface area contributed by atoms with E-state index >= 15 is 0 Å². The maximum Gasteiger partial charge on any atom is 0.410 e. The standard InChI is InChI=1S/C20H32N2O2S/c1-20(2,3)24-19(23)22-12-6-10-16(14-22)21-18(15-8-4-5-9-15)17-11-7-13-25-17/h7,11,13,15-16,18,21H,4-6,8-10,12,14H2,1-3H3. The number of amides is 1. The second-order valence-electron chi connectivity index (χ2n) is 8.47. The summed E-state index contributed by atoms with van der Waals surface area (Å²) in [4.78, 5) is 15.7. The molecule has 1 aliphatic heterocycles. The number of hydrogen-bond donors (Lipinski definition) is 1. The van der Waals surface area contributed by atoms with Gasteiger partial charge in [0.15, 0.2) is 0 Å². The third-order valence-corrected chi connectivity index (χ3v) is 6.16. The molecule has 4 nitrogen and oxygen atoms in total. The number of hydrogen-bond acceptors (Lipinski definition) is 4. The molecule has 2 aliphatic rings. The summed E-state index contributed by atoms with van der Waals surface area (Å²) < 4.78 is 5.56. The van der Waals surface area contributed by atoms with Crippen LogP contribution in [0.1, 0.15) is 70.2 Å². The normalized spacial score (nSPS) is 23.6. The van der Waals surface area contributed by atoms with Crippen LogP contribution in [0, 0.1) is 5.92 Å². The van der Waals surface area contributed by atoms with Crippen molar-refractivity contribution in [3.8, 4) is 0 Å². The molecule has 140 valence electrons. The third-order valence-electron chi connectivity index (χ3n) is 5.21. The van der Waals surface area contributed by atoms with E-state index in [0.29, 0.717) is 12.1 Å². The molecule has 1 saturated carbocycles. The molecular weight excluding hydrogens is 332 g/mol. The van der Waals surface area contributed by atoms with Crippen LogP contribution in [0.15, 0.2) is 17.5 Å². The zero-order valence-electron chi connectivity index (χ0n) is 15.8. The maximum absolute atomic E-state index is 12.4. The van der Waals surface area contributed by atoms with Gasteiger partial charge in [-0.05, 0) is 63.8 Å². The lowest BCUT2D eigenvalue weighted by Gasteiger charge is -2.37. The van der Waals surface area contributed by atoms with E-state index in [-0.39, 0.29) is 6.09 Å². The molecule has 5 heteroatoms. The lowest BCUT2D eigenvalue weighted by Crippen LogP contribution is -2.50. The van der Waals surface area contributed by atoms with Crippen LogP contribution in [0.3, 0.4) is 0 Å². The summed E-state index contributed by atoms with van der Waals surface area (Å²) in [6, 6.07) is 5.20. The van der Waals surface area contributed by atoms with Crippen molar-refractivity contribution in [1.29, 1.82) is 0 Å². The van der Waals surface area contributed by atoms with Crippen LogP contribution < -0.4 is 5.32 Å². The predicted molar refractivity (Wildman–Crippen MR) is 103 cm³/mol. The van der Waals surface area contributed by atoms with E-state index in [1.807, 2.05) is 37.0 Å². The van der Waals surface area contributed by atoms with Gasteiger partial charge in [-0.2, -0.15) is 0 Å². The number of thiophene rings is 1. The topological polar surface area (TPSA) is 41.6 Å². The minimum atomic E-state index is -0.430. The van der Waals surface area contributed by atoms with Crippen LogP contribution in [-0.2, 0) is 4.74 Å². The van der Waals surface area contributed by atoms with E-state index in [9.17, 15) is 4.79 Å². The minimum absolute atomic E-state index is 0.174. The number of rotatable bonds is 4. The number of ether oxygens (including phenoxy) is 1. The minimum Gasteiger partial charge on any atom is -0.444 e. The number of carbonyl (C=O) groups excluding carboxylic acids is 1. The first-order valence-corrected chi connectivity index (χ1v) is 10.6. The van der Waals surface area contributed by atoms with E-state index in [1.165, 1.54) is 30.6 Å². The van der Waals surface area contributed by atoms with Crippen LogP contribution in [0.2, 0.25) is 0 Å². The van der Waals surface area contributed by atoms with Gasteiger partial charge in [0.1, 0.15) is 5.60 Å². The van der Waals surface area contributed by atoms with Crippen LogP contribution in [-0.4, -0.2) is 35.7 Å². The van der Waals surface area contributed by atoms with Gasteiger partial charge < -0.3 is 15.0 Å². The Kier molecular flexibility index (Phi) is 6.05. The highest BCUT2D eigenvalue weighted by atomic mass is 32.1. The lowest BCUT2D eigenvalue weighted by molar-refractivity contribution is 0.0180. The van der Waals surface area contributed by atoms with Crippen molar-refractivity contribution in [2.75, 3.05) is 13.1 Å².